The topological polar surface area (TPSA) is 24.7 Å². The van der Waals surface area contributed by atoms with Crippen LogP contribution in [-0.2, 0) is 0 Å². The summed E-state index contributed by atoms with van der Waals surface area (Å²) in [6.45, 7) is 12.8. The minimum Gasteiger partial charge on any atom is -0.286 e. The van der Waals surface area contributed by atoms with Crippen molar-refractivity contribution in [1.29, 1.82) is 0 Å². The molecule has 0 aliphatic carbocycles. The molecule has 0 amide bonds. The monoisotopic (exact) mass is 203 g/mol. The standard InChI is InChI=1S/C12H24N2.Li/c1-7-11(3,4)13-9-10-14-12(5,6)8-2;/h9-10H,7-8H2,1-6H3;. The zero-order valence-corrected chi connectivity index (χ0v) is 11.5. The normalized spacial score (nSPS) is 13.5. The zero-order chi connectivity index (χ0) is 11.2. The maximum absolute atomic E-state index is 4.44. The van der Waals surface area contributed by atoms with Crippen molar-refractivity contribution in [2.24, 2.45) is 9.98 Å². The minimum atomic E-state index is 0. The molecule has 0 aliphatic rings. The quantitative estimate of drug-likeness (QED) is 0.484. The van der Waals surface area contributed by atoms with E-state index in [1.165, 1.54) is 0 Å². The largest absolute Gasteiger partial charge is 0.286 e. The van der Waals surface area contributed by atoms with Crippen LogP contribution in [0, 0.1) is 0 Å². The van der Waals surface area contributed by atoms with Crippen molar-refractivity contribution in [3.8, 4) is 0 Å². The molecule has 0 saturated heterocycles. The molecule has 0 aromatic heterocycles. The Hall–Kier alpha value is -0.0626. The molecule has 0 atom stereocenters. The van der Waals surface area contributed by atoms with Crippen molar-refractivity contribution in [3.63, 3.8) is 0 Å². The maximum atomic E-state index is 4.44. The van der Waals surface area contributed by atoms with Crippen molar-refractivity contribution in [2.45, 2.75) is 65.5 Å². The number of nitrogens with zero attached hydrogens (tertiary/aromatic N) is 2. The molecule has 0 rings (SSSR count). The van der Waals surface area contributed by atoms with E-state index in [0.29, 0.717) is 0 Å². The van der Waals surface area contributed by atoms with E-state index in [1.807, 2.05) is 12.4 Å². The molecule has 0 unspecified atom stereocenters. The van der Waals surface area contributed by atoms with Crippen LogP contribution >= 0.6 is 0 Å². The van der Waals surface area contributed by atoms with Crippen LogP contribution in [0.25, 0.3) is 0 Å². The summed E-state index contributed by atoms with van der Waals surface area (Å²) in [5.41, 5.74) is 0.0881. The molecule has 0 bridgehead atoms. The van der Waals surface area contributed by atoms with Gasteiger partial charge in [0.05, 0.1) is 11.1 Å². The molecule has 0 aliphatic heterocycles. The van der Waals surface area contributed by atoms with Crippen molar-refractivity contribution >= 4 is 31.3 Å². The van der Waals surface area contributed by atoms with E-state index in [9.17, 15) is 0 Å². The van der Waals surface area contributed by atoms with Gasteiger partial charge in [-0.3, -0.25) is 9.98 Å². The Morgan fingerprint density at radius 1 is 0.800 bits per heavy atom. The van der Waals surface area contributed by atoms with Crippen LogP contribution in [0.15, 0.2) is 9.98 Å². The van der Waals surface area contributed by atoms with Gasteiger partial charge >= 0.3 is 0 Å². The number of aliphatic imine (C=N–C) groups is 2. The van der Waals surface area contributed by atoms with Crippen molar-refractivity contribution in [2.75, 3.05) is 0 Å². The van der Waals surface area contributed by atoms with Crippen molar-refractivity contribution in [3.05, 3.63) is 0 Å². The van der Waals surface area contributed by atoms with Gasteiger partial charge in [-0.25, -0.2) is 0 Å². The van der Waals surface area contributed by atoms with Gasteiger partial charge in [-0.05, 0) is 40.5 Å². The molecule has 2 nitrogen and oxygen atoms in total. The summed E-state index contributed by atoms with van der Waals surface area (Å²) >= 11 is 0. The molecule has 0 fully saturated rings. The van der Waals surface area contributed by atoms with Crippen LogP contribution in [-0.4, -0.2) is 42.4 Å². The second-order valence-electron chi connectivity index (χ2n) is 4.89. The predicted octanol–water partition coefficient (Wildman–Crippen LogP) is 3.12. The molecule has 0 N–H and O–H groups in total. The van der Waals surface area contributed by atoms with Gasteiger partial charge in [0.1, 0.15) is 0 Å². The van der Waals surface area contributed by atoms with Gasteiger partial charge < -0.3 is 0 Å². The van der Waals surface area contributed by atoms with Crippen LogP contribution < -0.4 is 0 Å². The van der Waals surface area contributed by atoms with Crippen molar-refractivity contribution < 1.29 is 0 Å². The van der Waals surface area contributed by atoms with E-state index in [2.05, 4.69) is 51.5 Å². The molecule has 83 valence electrons. The van der Waals surface area contributed by atoms with E-state index in [4.69, 9.17) is 0 Å². The smallest absolute Gasteiger partial charge is 0.0550 e. The Labute approximate surface area is 107 Å². The van der Waals surface area contributed by atoms with E-state index in [0.717, 1.165) is 12.8 Å². The molecule has 1 radical (unpaired) electrons. The molecular formula is C12H24LiN2. The predicted molar refractivity (Wildman–Crippen MR) is 71.5 cm³/mol. The zero-order valence-electron chi connectivity index (χ0n) is 11.5. The first-order chi connectivity index (χ1) is 6.33. The summed E-state index contributed by atoms with van der Waals surface area (Å²) in [6.07, 6.45) is 5.74. The number of hydrogen-bond acceptors (Lipinski definition) is 2. The average molecular weight is 203 g/mol. The van der Waals surface area contributed by atoms with Crippen molar-refractivity contribution in [1.82, 2.24) is 0 Å². The van der Waals surface area contributed by atoms with Gasteiger partial charge in [-0.15, -0.1) is 0 Å². The summed E-state index contributed by atoms with van der Waals surface area (Å²) in [7, 11) is 0. The first-order valence-electron chi connectivity index (χ1n) is 5.42. The fourth-order valence-electron chi connectivity index (χ4n) is 0.653. The Kier molecular flexibility index (Phi) is 8.38. The second kappa shape index (κ2) is 7.25. The van der Waals surface area contributed by atoms with E-state index in [1.54, 1.807) is 0 Å². The summed E-state index contributed by atoms with van der Waals surface area (Å²) in [5, 5.41) is 0. The van der Waals surface area contributed by atoms with Gasteiger partial charge in [-0.2, -0.15) is 0 Å². The van der Waals surface area contributed by atoms with Gasteiger partial charge in [0.15, 0.2) is 0 Å². The first-order valence-corrected chi connectivity index (χ1v) is 5.42. The third-order valence-electron chi connectivity index (χ3n) is 2.65. The van der Waals surface area contributed by atoms with Gasteiger partial charge in [0.25, 0.3) is 0 Å². The fourth-order valence-corrected chi connectivity index (χ4v) is 0.653. The Morgan fingerprint density at radius 2 is 1.07 bits per heavy atom. The molecule has 0 aromatic rings. The van der Waals surface area contributed by atoms with Crippen LogP contribution in [0.2, 0.25) is 0 Å². The molecule has 0 heterocycles. The number of hydrogen-bond donors (Lipinski definition) is 0. The van der Waals surface area contributed by atoms with Gasteiger partial charge in [0.2, 0.25) is 0 Å². The fraction of sp³-hybridized carbons (Fsp3) is 0.833. The molecule has 0 aromatic carbocycles. The third kappa shape index (κ3) is 8.90. The Morgan fingerprint density at radius 3 is 1.27 bits per heavy atom. The summed E-state index contributed by atoms with van der Waals surface area (Å²) in [6, 6.07) is 0. The summed E-state index contributed by atoms with van der Waals surface area (Å²) < 4.78 is 0. The molecule has 0 saturated carbocycles. The Bertz CT molecular complexity index is 194. The van der Waals surface area contributed by atoms with Crippen LogP contribution in [0.5, 0.6) is 0 Å². The second-order valence-corrected chi connectivity index (χ2v) is 4.89. The van der Waals surface area contributed by atoms with Gasteiger partial charge in [-0.1, -0.05) is 13.8 Å². The molecular weight excluding hydrogens is 179 g/mol. The molecule has 0 spiro atoms. The van der Waals surface area contributed by atoms with Crippen LogP contribution in [0.4, 0.5) is 0 Å². The van der Waals surface area contributed by atoms with E-state index >= 15 is 0 Å². The first kappa shape index (κ1) is 17.3. The van der Waals surface area contributed by atoms with Gasteiger partial charge in [0, 0.05) is 31.3 Å². The average Bonchev–Trinajstić information content (AvgIpc) is 2.13. The van der Waals surface area contributed by atoms with E-state index < -0.39 is 0 Å². The molecule has 3 heteroatoms. The minimum absolute atomic E-state index is 0. The summed E-state index contributed by atoms with van der Waals surface area (Å²) in [5.74, 6) is 0. The summed E-state index contributed by atoms with van der Waals surface area (Å²) in [4.78, 5) is 8.88. The Balaban J connectivity index is 0. The van der Waals surface area contributed by atoms with Crippen LogP contribution in [0.3, 0.4) is 0 Å². The third-order valence-corrected chi connectivity index (χ3v) is 2.65. The maximum Gasteiger partial charge on any atom is 0.0550 e. The van der Waals surface area contributed by atoms with E-state index in [-0.39, 0.29) is 29.9 Å². The van der Waals surface area contributed by atoms with Crippen LogP contribution in [0.1, 0.15) is 54.4 Å². The SMILES string of the molecule is CCC(C)(C)N=CC=NC(C)(C)CC.[Li]. The number of rotatable bonds is 5. The molecule has 15 heavy (non-hydrogen) atoms.